The summed E-state index contributed by atoms with van der Waals surface area (Å²) >= 11 is 0. The van der Waals surface area contributed by atoms with Gasteiger partial charge in [0.25, 0.3) is 11.8 Å². The molecule has 3 aromatic carbocycles. The molecule has 2 amide bonds. The van der Waals surface area contributed by atoms with E-state index in [-0.39, 0.29) is 23.8 Å². The lowest BCUT2D eigenvalue weighted by atomic mass is 9.82. The van der Waals surface area contributed by atoms with Crippen molar-refractivity contribution in [2.24, 2.45) is 0 Å². The van der Waals surface area contributed by atoms with Gasteiger partial charge in [0.15, 0.2) is 6.61 Å². The summed E-state index contributed by atoms with van der Waals surface area (Å²) in [6.45, 7) is 11.1. The molecule has 0 saturated carbocycles. The van der Waals surface area contributed by atoms with E-state index in [0.717, 1.165) is 56.1 Å². The van der Waals surface area contributed by atoms with Crippen molar-refractivity contribution in [2.45, 2.75) is 39.2 Å². The summed E-state index contributed by atoms with van der Waals surface area (Å²) in [7, 11) is 0. The van der Waals surface area contributed by atoms with Crippen molar-refractivity contribution >= 4 is 23.6 Å². The van der Waals surface area contributed by atoms with Crippen LogP contribution in [0, 0.1) is 0 Å². The molecule has 0 aromatic heterocycles. The van der Waals surface area contributed by atoms with Crippen molar-refractivity contribution in [3.63, 3.8) is 0 Å². The van der Waals surface area contributed by atoms with Crippen LogP contribution >= 0.6 is 0 Å². The van der Waals surface area contributed by atoms with Crippen molar-refractivity contribution in [3.8, 4) is 5.75 Å². The molecule has 5 rings (SSSR count). The molecule has 0 N–H and O–H groups in total. The van der Waals surface area contributed by atoms with Gasteiger partial charge >= 0.3 is 0 Å². The Balaban J connectivity index is 1.19. The smallest absolute Gasteiger partial charge is 0.265 e. The molecule has 2 heterocycles. The van der Waals surface area contributed by atoms with Gasteiger partial charge in [0.05, 0.1) is 12.2 Å². The Morgan fingerprint density at radius 1 is 0.950 bits per heavy atom. The molecular formula is C34H39N3O3. The lowest BCUT2D eigenvalue weighted by Gasteiger charge is -2.34. The van der Waals surface area contributed by atoms with E-state index in [0.29, 0.717) is 12.1 Å². The zero-order valence-corrected chi connectivity index (χ0v) is 23.8. The standard InChI is InChI=1S/C34H39N3O3/c1-4-34(2,3)29-16-17-31-30(23-29)37(32(38)25-40-31)24-27-12-14-28(15-13-27)33(39)36-21-19-35(20-22-36)18-8-11-26-9-6-5-7-10-26/h5-17,23H,4,18-22,24-25H2,1-3H3. The van der Waals surface area contributed by atoms with E-state index < -0.39 is 0 Å². The summed E-state index contributed by atoms with van der Waals surface area (Å²) in [4.78, 5) is 32.2. The van der Waals surface area contributed by atoms with Crippen molar-refractivity contribution < 1.29 is 14.3 Å². The minimum absolute atomic E-state index is 0.00749. The van der Waals surface area contributed by atoms with Crippen LogP contribution in [0.3, 0.4) is 0 Å². The third-order valence-electron chi connectivity index (χ3n) is 8.24. The number of carbonyl (C=O) groups excluding carboxylic acids is 2. The first-order chi connectivity index (χ1) is 19.3. The van der Waals surface area contributed by atoms with Gasteiger partial charge in [-0.2, -0.15) is 0 Å². The monoisotopic (exact) mass is 537 g/mol. The molecule has 2 aliphatic rings. The average Bonchev–Trinajstić information content (AvgIpc) is 2.99. The second kappa shape index (κ2) is 12.1. The van der Waals surface area contributed by atoms with E-state index in [1.54, 1.807) is 4.90 Å². The second-order valence-electron chi connectivity index (χ2n) is 11.3. The number of anilines is 1. The van der Waals surface area contributed by atoms with E-state index >= 15 is 0 Å². The second-order valence-corrected chi connectivity index (χ2v) is 11.3. The van der Waals surface area contributed by atoms with Gasteiger partial charge in [0.1, 0.15) is 5.75 Å². The fourth-order valence-electron chi connectivity index (χ4n) is 5.15. The van der Waals surface area contributed by atoms with Crippen LogP contribution in [0.4, 0.5) is 5.69 Å². The predicted molar refractivity (Wildman–Crippen MR) is 161 cm³/mol. The number of fused-ring (bicyclic) bond motifs is 1. The quantitative estimate of drug-likeness (QED) is 0.366. The number of carbonyl (C=O) groups is 2. The normalized spacial score (nSPS) is 16.2. The van der Waals surface area contributed by atoms with Crippen LogP contribution in [0.25, 0.3) is 6.08 Å². The highest BCUT2D eigenvalue weighted by atomic mass is 16.5. The summed E-state index contributed by atoms with van der Waals surface area (Å²) in [6, 6.07) is 24.1. The number of hydrogen-bond donors (Lipinski definition) is 0. The van der Waals surface area contributed by atoms with Crippen LogP contribution < -0.4 is 9.64 Å². The highest BCUT2D eigenvalue weighted by Crippen LogP contribution is 2.38. The maximum Gasteiger partial charge on any atom is 0.265 e. The Morgan fingerprint density at radius 3 is 2.38 bits per heavy atom. The van der Waals surface area contributed by atoms with Crippen LogP contribution in [0.2, 0.25) is 0 Å². The topological polar surface area (TPSA) is 53.1 Å². The lowest BCUT2D eigenvalue weighted by Crippen LogP contribution is -2.48. The number of ether oxygens (including phenoxy) is 1. The molecule has 1 saturated heterocycles. The third kappa shape index (κ3) is 6.28. The third-order valence-corrected chi connectivity index (χ3v) is 8.24. The molecule has 1 fully saturated rings. The average molecular weight is 538 g/mol. The maximum absolute atomic E-state index is 13.2. The van der Waals surface area contributed by atoms with E-state index in [9.17, 15) is 9.59 Å². The van der Waals surface area contributed by atoms with Gasteiger partial charge in [-0.3, -0.25) is 14.5 Å². The molecule has 6 heteroatoms. The number of rotatable bonds is 8. The van der Waals surface area contributed by atoms with Crippen molar-refractivity contribution in [3.05, 3.63) is 101 Å². The zero-order valence-electron chi connectivity index (χ0n) is 23.8. The molecule has 0 unspecified atom stereocenters. The maximum atomic E-state index is 13.2. The first-order valence-corrected chi connectivity index (χ1v) is 14.2. The van der Waals surface area contributed by atoms with E-state index in [4.69, 9.17) is 4.74 Å². The summed E-state index contributed by atoms with van der Waals surface area (Å²) in [6.07, 6.45) is 5.33. The van der Waals surface area contributed by atoms with Crippen molar-refractivity contribution in [1.82, 2.24) is 9.80 Å². The SMILES string of the molecule is CCC(C)(C)c1ccc2c(c1)N(Cc1ccc(C(=O)N3CCN(CC=Cc4ccccc4)CC3)cc1)C(=O)CO2. The van der Waals surface area contributed by atoms with Crippen LogP contribution in [0.1, 0.15) is 54.2 Å². The highest BCUT2D eigenvalue weighted by Gasteiger charge is 2.29. The predicted octanol–water partition coefficient (Wildman–Crippen LogP) is 5.77. The minimum atomic E-state index is -0.0596. The molecule has 6 nitrogen and oxygen atoms in total. The van der Waals surface area contributed by atoms with Gasteiger partial charge in [-0.1, -0.05) is 81.5 Å². The van der Waals surface area contributed by atoms with E-state index in [2.05, 4.69) is 62.1 Å². The molecule has 0 aliphatic carbocycles. The van der Waals surface area contributed by atoms with Crippen LogP contribution in [-0.2, 0) is 16.8 Å². The van der Waals surface area contributed by atoms with Gasteiger partial charge in [0.2, 0.25) is 0 Å². The summed E-state index contributed by atoms with van der Waals surface area (Å²) in [5.41, 5.74) is 4.87. The molecule has 0 bridgehead atoms. The molecular weight excluding hydrogens is 498 g/mol. The number of amides is 2. The Labute approximate surface area is 237 Å². The molecule has 0 atom stereocenters. The number of piperazine rings is 1. The lowest BCUT2D eigenvalue weighted by molar-refractivity contribution is -0.121. The van der Waals surface area contributed by atoms with Gasteiger partial charge in [-0.05, 0) is 52.8 Å². The zero-order chi connectivity index (χ0) is 28.1. The summed E-state index contributed by atoms with van der Waals surface area (Å²) < 4.78 is 5.72. The molecule has 0 radical (unpaired) electrons. The Hall–Kier alpha value is -3.90. The minimum Gasteiger partial charge on any atom is -0.482 e. The summed E-state index contributed by atoms with van der Waals surface area (Å²) in [5, 5.41) is 0. The first kappa shape index (κ1) is 27.7. The van der Waals surface area contributed by atoms with Crippen molar-refractivity contribution in [1.29, 1.82) is 0 Å². The van der Waals surface area contributed by atoms with Gasteiger partial charge in [-0.25, -0.2) is 0 Å². The Morgan fingerprint density at radius 2 is 1.68 bits per heavy atom. The van der Waals surface area contributed by atoms with Gasteiger partial charge in [-0.15, -0.1) is 0 Å². The van der Waals surface area contributed by atoms with Crippen molar-refractivity contribution in [2.75, 3.05) is 44.2 Å². The molecule has 208 valence electrons. The van der Waals surface area contributed by atoms with E-state index in [1.165, 1.54) is 11.1 Å². The highest BCUT2D eigenvalue weighted by molar-refractivity contribution is 5.98. The van der Waals surface area contributed by atoms with Crippen LogP contribution in [-0.4, -0.2) is 60.9 Å². The van der Waals surface area contributed by atoms with Gasteiger partial charge < -0.3 is 14.5 Å². The molecule has 3 aromatic rings. The number of benzene rings is 3. The van der Waals surface area contributed by atoms with E-state index in [1.807, 2.05) is 53.4 Å². The van der Waals surface area contributed by atoms with Crippen LogP contribution in [0.5, 0.6) is 5.75 Å². The largest absolute Gasteiger partial charge is 0.482 e. The Kier molecular flexibility index (Phi) is 8.36. The Bertz CT molecular complexity index is 1360. The summed E-state index contributed by atoms with van der Waals surface area (Å²) in [5.74, 6) is 0.734. The fraction of sp³-hybridized carbons (Fsp3) is 0.353. The molecule has 2 aliphatic heterocycles. The van der Waals surface area contributed by atoms with Crippen LogP contribution in [0.15, 0.2) is 78.9 Å². The number of nitrogens with zero attached hydrogens (tertiary/aromatic N) is 3. The fourth-order valence-corrected chi connectivity index (χ4v) is 5.15. The number of hydrogen-bond acceptors (Lipinski definition) is 4. The van der Waals surface area contributed by atoms with Gasteiger partial charge in [0, 0.05) is 38.3 Å². The first-order valence-electron chi connectivity index (χ1n) is 14.2. The molecule has 40 heavy (non-hydrogen) atoms. The molecule has 0 spiro atoms.